The number of aryl methyl sites for hydroxylation is 1. The van der Waals surface area contributed by atoms with Crippen LogP contribution in [-0.2, 0) is 30.8 Å². The standard InChI is InChI=1S/C18H23Si.3C7H7.Ti/c1-13-6-5-9-18(14(13)2)19-12-15-10-16-7-3-4-8-17(16)11-15;3*1-7-5-3-2-4-6-7;/h5-6,9-11H,3-4,7-8,12,19H2,1-2H3;3*2-6H,1H2;. The second kappa shape index (κ2) is 13.1. The molecule has 2 aliphatic carbocycles. The van der Waals surface area contributed by atoms with Crippen LogP contribution in [0.4, 0.5) is 0 Å². The summed E-state index contributed by atoms with van der Waals surface area (Å²) >= 11 is -2.76. The summed E-state index contributed by atoms with van der Waals surface area (Å²) in [5.41, 5.74) is 13.1. The molecule has 4 aromatic rings. The first-order valence-electron chi connectivity index (χ1n) is 15.7. The topological polar surface area (TPSA) is 0 Å². The molecule has 0 saturated carbocycles. The zero-order valence-electron chi connectivity index (χ0n) is 24.9. The van der Waals surface area contributed by atoms with Crippen LogP contribution in [0.25, 0.3) is 0 Å². The third-order valence-corrected chi connectivity index (χ3v) is 20.2. The molecule has 0 amide bonds. The minimum atomic E-state index is -2.76. The average molecular weight is 589 g/mol. The van der Waals surface area contributed by atoms with E-state index in [4.69, 9.17) is 0 Å². The molecule has 2 aliphatic rings. The maximum absolute atomic E-state index is 2.76. The van der Waals surface area contributed by atoms with Crippen molar-refractivity contribution in [2.75, 3.05) is 0 Å². The van der Waals surface area contributed by atoms with E-state index < -0.39 is 26.1 Å². The van der Waals surface area contributed by atoms with E-state index in [0.29, 0.717) is 4.22 Å². The van der Waals surface area contributed by atoms with Crippen LogP contribution in [-0.4, -0.2) is 9.52 Å². The third-order valence-electron chi connectivity index (χ3n) is 9.84. The monoisotopic (exact) mass is 588 g/mol. The predicted molar refractivity (Wildman–Crippen MR) is 177 cm³/mol. The third kappa shape index (κ3) is 6.54. The molecule has 0 N–H and O–H groups in total. The van der Waals surface area contributed by atoms with Gasteiger partial charge < -0.3 is 0 Å². The molecule has 1 unspecified atom stereocenters. The van der Waals surface area contributed by atoms with E-state index in [2.05, 4.69) is 129 Å². The van der Waals surface area contributed by atoms with Crippen molar-refractivity contribution in [1.82, 2.24) is 0 Å². The number of hydrogen-bond donors (Lipinski definition) is 0. The van der Waals surface area contributed by atoms with Crippen molar-refractivity contribution in [2.24, 2.45) is 0 Å². The fraction of sp³-hybridized carbons (Fsp3) is 0.282. The zero-order chi connectivity index (χ0) is 28.1. The van der Waals surface area contributed by atoms with Gasteiger partial charge in [0.2, 0.25) is 0 Å². The Morgan fingerprint density at radius 2 is 1.17 bits per heavy atom. The van der Waals surface area contributed by atoms with E-state index in [1.165, 1.54) is 57.0 Å². The van der Waals surface area contributed by atoms with Gasteiger partial charge in [0.1, 0.15) is 0 Å². The van der Waals surface area contributed by atoms with Gasteiger partial charge in [-0.25, -0.2) is 0 Å². The summed E-state index contributed by atoms with van der Waals surface area (Å²) in [5.74, 6) is 0. The Bertz CT molecular complexity index is 1420. The van der Waals surface area contributed by atoms with Crippen molar-refractivity contribution in [1.29, 1.82) is 0 Å². The van der Waals surface area contributed by atoms with E-state index in [0.717, 1.165) is 0 Å². The molecule has 41 heavy (non-hydrogen) atoms. The zero-order valence-corrected chi connectivity index (χ0v) is 27.9. The Balaban J connectivity index is 1.47. The number of benzene rings is 4. The van der Waals surface area contributed by atoms with Crippen LogP contribution in [0.2, 0.25) is 10.3 Å². The summed E-state index contributed by atoms with van der Waals surface area (Å²) in [6.07, 6.45) is 8.08. The van der Waals surface area contributed by atoms with E-state index in [1.54, 1.807) is 27.5 Å². The fourth-order valence-corrected chi connectivity index (χ4v) is 19.9. The van der Waals surface area contributed by atoms with Crippen LogP contribution in [0.15, 0.2) is 132 Å². The maximum atomic E-state index is 2.75. The molecule has 0 aliphatic heterocycles. The summed E-state index contributed by atoms with van der Waals surface area (Å²) < 4.78 is 4.56. The van der Waals surface area contributed by atoms with Crippen molar-refractivity contribution in [3.63, 3.8) is 0 Å². The normalized spacial score (nSPS) is 17.2. The molecule has 0 saturated heterocycles. The summed E-state index contributed by atoms with van der Waals surface area (Å²) in [4.78, 5) is 0. The molecule has 1 atom stereocenters. The van der Waals surface area contributed by atoms with Gasteiger partial charge in [-0.15, -0.1) is 0 Å². The van der Waals surface area contributed by atoms with E-state index >= 15 is 0 Å². The molecule has 0 heterocycles. The number of allylic oxidation sites excluding steroid dienone is 4. The van der Waals surface area contributed by atoms with Crippen LogP contribution < -0.4 is 5.19 Å². The van der Waals surface area contributed by atoms with Crippen LogP contribution in [0.1, 0.15) is 53.5 Å². The Kier molecular flexibility index (Phi) is 9.06. The number of rotatable bonds is 10. The summed E-state index contributed by atoms with van der Waals surface area (Å²) in [6, 6.07) is 42.9. The first-order chi connectivity index (χ1) is 20.1. The molecule has 0 bridgehead atoms. The second-order valence-corrected chi connectivity index (χ2v) is 21.2. The van der Waals surface area contributed by atoms with Crippen LogP contribution in [0.5, 0.6) is 0 Å². The predicted octanol–water partition coefficient (Wildman–Crippen LogP) is 8.87. The van der Waals surface area contributed by atoms with Gasteiger partial charge >= 0.3 is 255 Å². The van der Waals surface area contributed by atoms with Crippen molar-refractivity contribution in [3.05, 3.63) is 160 Å². The molecule has 208 valence electrons. The Hall–Kier alpha value is -2.71. The fourth-order valence-electron chi connectivity index (χ4n) is 7.82. The molecular formula is C39H44SiTi. The summed E-state index contributed by atoms with van der Waals surface area (Å²) in [6.45, 7) is 4.63. The van der Waals surface area contributed by atoms with Crippen molar-refractivity contribution >= 4 is 14.7 Å². The quantitative estimate of drug-likeness (QED) is 0.162. The average Bonchev–Trinajstić information content (AvgIpc) is 3.38. The summed E-state index contributed by atoms with van der Waals surface area (Å²) in [5, 5.41) is 1.67. The minimum absolute atomic E-state index is 0.397. The molecule has 0 radical (unpaired) electrons. The van der Waals surface area contributed by atoms with Gasteiger partial charge in [-0.3, -0.25) is 0 Å². The Labute approximate surface area is 253 Å². The molecule has 0 aromatic heterocycles. The van der Waals surface area contributed by atoms with E-state index in [1.807, 2.05) is 11.1 Å². The molecule has 0 nitrogen and oxygen atoms in total. The van der Waals surface area contributed by atoms with E-state index in [-0.39, 0.29) is 0 Å². The number of hydrogen-bond acceptors (Lipinski definition) is 0. The molecule has 0 fully saturated rings. The van der Waals surface area contributed by atoms with Crippen LogP contribution >= 0.6 is 0 Å². The SMILES string of the molecule is Cc1cccc([SiH2]CC2=CC3=C(CCCC3)[CH]2[Ti]([CH2]c2ccccc2)([CH2]c2ccccc2)[CH2]c2ccccc2)c1C. The van der Waals surface area contributed by atoms with Gasteiger partial charge in [0, 0.05) is 0 Å². The van der Waals surface area contributed by atoms with Gasteiger partial charge in [0.15, 0.2) is 0 Å². The molecule has 0 spiro atoms. The summed E-state index contributed by atoms with van der Waals surface area (Å²) in [7, 11) is -0.397. The molecule has 2 heteroatoms. The van der Waals surface area contributed by atoms with Gasteiger partial charge in [-0.05, 0) is 0 Å². The second-order valence-electron chi connectivity index (χ2n) is 12.6. The van der Waals surface area contributed by atoms with E-state index in [9.17, 15) is 0 Å². The van der Waals surface area contributed by atoms with Crippen LogP contribution in [0.3, 0.4) is 0 Å². The van der Waals surface area contributed by atoms with Crippen molar-refractivity contribution < 1.29 is 16.6 Å². The Morgan fingerprint density at radius 3 is 1.73 bits per heavy atom. The van der Waals surface area contributed by atoms with Gasteiger partial charge in [0.05, 0.1) is 0 Å². The van der Waals surface area contributed by atoms with Crippen LogP contribution in [0, 0.1) is 13.8 Å². The first-order valence-corrected chi connectivity index (χ1v) is 21.6. The van der Waals surface area contributed by atoms with Crippen molar-refractivity contribution in [3.8, 4) is 0 Å². The van der Waals surface area contributed by atoms with Gasteiger partial charge in [-0.1, -0.05) is 0 Å². The van der Waals surface area contributed by atoms with Gasteiger partial charge in [0.25, 0.3) is 0 Å². The molecular weight excluding hydrogens is 544 g/mol. The first kappa shape index (κ1) is 28.4. The molecule has 4 aromatic carbocycles. The molecule has 6 rings (SSSR count). The van der Waals surface area contributed by atoms with Crippen molar-refractivity contribution in [2.45, 2.75) is 64.0 Å². The van der Waals surface area contributed by atoms with Gasteiger partial charge in [-0.2, -0.15) is 0 Å². The Morgan fingerprint density at radius 1 is 0.634 bits per heavy atom.